The number of hydrogen-bond acceptors (Lipinski definition) is 3. The fourth-order valence-electron chi connectivity index (χ4n) is 2.17. The van der Waals surface area contributed by atoms with Gasteiger partial charge in [0, 0.05) is 30.6 Å². The third-order valence-corrected chi connectivity index (χ3v) is 3.79. The van der Waals surface area contributed by atoms with Gasteiger partial charge < -0.3 is 15.4 Å². The molecule has 110 valence electrons. The quantitative estimate of drug-likeness (QED) is 0.850. The van der Waals surface area contributed by atoms with Crippen LogP contribution in [0, 0.1) is 0 Å². The van der Waals surface area contributed by atoms with E-state index >= 15 is 0 Å². The second-order valence-corrected chi connectivity index (χ2v) is 5.76. The van der Waals surface area contributed by atoms with Gasteiger partial charge in [-0.25, -0.2) is 0 Å². The van der Waals surface area contributed by atoms with E-state index in [4.69, 9.17) is 33.7 Å². The number of benzene rings is 1. The molecular formula is C14H18Cl2N2O2. The van der Waals surface area contributed by atoms with Crippen LogP contribution < -0.4 is 10.5 Å². The lowest BCUT2D eigenvalue weighted by atomic mass is 10.3. The summed E-state index contributed by atoms with van der Waals surface area (Å²) in [6.45, 7) is 1.89. The van der Waals surface area contributed by atoms with Gasteiger partial charge in [-0.15, -0.1) is 0 Å². The fourth-order valence-corrected chi connectivity index (χ4v) is 2.63. The van der Waals surface area contributed by atoms with Crippen molar-refractivity contribution in [3.05, 3.63) is 28.2 Å². The van der Waals surface area contributed by atoms with E-state index in [2.05, 4.69) is 0 Å². The average Bonchev–Trinajstić information content (AvgIpc) is 2.83. The van der Waals surface area contributed by atoms with Crippen molar-refractivity contribution in [2.24, 2.45) is 5.73 Å². The summed E-state index contributed by atoms with van der Waals surface area (Å²) in [4.78, 5) is 13.7. The molecule has 0 aromatic heterocycles. The molecule has 1 aromatic carbocycles. The van der Waals surface area contributed by atoms with Crippen LogP contribution in [0.15, 0.2) is 18.2 Å². The molecule has 1 atom stereocenters. The van der Waals surface area contributed by atoms with Gasteiger partial charge in [0.25, 0.3) is 0 Å². The average molecular weight is 317 g/mol. The van der Waals surface area contributed by atoms with Gasteiger partial charge in [-0.05, 0) is 31.0 Å². The largest absolute Gasteiger partial charge is 0.492 e. The maximum Gasteiger partial charge on any atom is 0.222 e. The van der Waals surface area contributed by atoms with Crippen molar-refractivity contribution in [2.75, 3.05) is 19.7 Å². The molecule has 4 nitrogen and oxygen atoms in total. The Labute approximate surface area is 128 Å². The topological polar surface area (TPSA) is 55.6 Å². The maximum atomic E-state index is 11.9. The van der Waals surface area contributed by atoms with E-state index in [1.807, 2.05) is 4.90 Å². The van der Waals surface area contributed by atoms with E-state index in [9.17, 15) is 4.79 Å². The predicted molar refractivity (Wildman–Crippen MR) is 80.4 cm³/mol. The molecule has 2 N–H and O–H groups in total. The zero-order chi connectivity index (χ0) is 14.5. The lowest BCUT2D eigenvalue weighted by Crippen LogP contribution is -2.31. The predicted octanol–water partition coefficient (Wildman–Crippen LogP) is 2.71. The molecule has 0 aliphatic carbocycles. The third-order valence-electron chi connectivity index (χ3n) is 3.26. The van der Waals surface area contributed by atoms with Crippen LogP contribution >= 0.6 is 23.2 Å². The highest BCUT2D eigenvalue weighted by molar-refractivity contribution is 6.35. The molecule has 20 heavy (non-hydrogen) atoms. The third kappa shape index (κ3) is 4.27. The first-order chi connectivity index (χ1) is 9.56. The second-order valence-electron chi connectivity index (χ2n) is 4.92. The number of nitrogens with two attached hydrogens (primary N) is 1. The molecule has 1 heterocycles. The standard InChI is InChI=1S/C14H18Cl2N2O2/c15-10-3-4-13(12(16)8-10)20-7-1-2-14(19)18-6-5-11(17)9-18/h3-4,8,11H,1-2,5-7,9,17H2. The summed E-state index contributed by atoms with van der Waals surface area (Å²) in [6.07, 6.45) is 2.02. The zero-order valence-electron chi connectivity index (χ0n) is 11.1. The van der Waals surface area contributed by atoms with Crippen LogP contribution in [0.5, 0.6) is 5.75 Å². The first-order valence-electron chi connectivity index (χ1n) is 6.67. The van der Waals surface area contributed by atoms with Crippen molar-refractivity contribution in [1.82, 2.24) is 4.90 Å². The highest BCUT2D eigenvalue weighted by Gasteiger charge is 2.22. The minimum Gasteiger partial charge on any atom is -0.492 e. The van der Waals surface area contributed by atoms with Crippen LogP contribution in [0.25, 0.3) is 0 Å². The van der Waals surface area contributed by atoms with E-state index in [1.165, 1.54) is 0 Å². The van der Waals surface area contributed by atoms with Gasteiger partial charge in [0.1, 0.15) is 5.75 Å². The molecule has 1 fully saturated rings. The lowest BCUT2D eigenvalue weighted by Gasteiger charge is -2.15. The zero-order valence-corrected chi connectivity index (χ0v) is 12.7. The van der Waals surface area contributed by atoms with Crippen molar-refractivity contribution in [1.29, 1.82) is 0 Å². The van der Waals surface area contributed by atoms with Crippen LogP contribution in [-0.4, -0.2) is 36.5 Å². The van der Waals surface area contributed by atoms with E-state index in [1.54, 1.807) is 18.2 Å². The van der Waals surface area contributed by atoms with Crippen molar-refractivity contribution in [3.63, 3.8) is 0 Å². The number of nitrogens with zero attached hydrogens (tertiary/aromatic N) is 1. The SMILES string of the molecule is NC1CCN(C(=O)CCCOc2ccc(Cl)cc2Cl)C1. The molecule has 0 spiro atoms. The molecule has 0 bridgehead atoms. The first-order valence-corrected chi connectivity index (χ1v) is 7.43. The Balaban J connectivity index is 1.70. The highest BCUT2D eigenvalue weighted by atomic mass is 35.5. The summed E-state index contributed by atoms with van der Waals surface area (Å²) in [5.74, 6) is 0.732. The summed E-state index contributed by atoms with van der Waals surface area (Å²) in [5.41, 5.74) is 5.78. The normalized spacial score (nSPS) is 18.4. The Kier molecular flexibility index (Phi) is 5.52. The van der Waals surface area contributed by atoms with E-state index in [0.717, 1.165) is 13.0 Å². The summed E-state index contributed by atoms with van der Waals surface area (Å²) >= 11 is 11.8. The van der Waals surface area contributed by atoms with Gasteiger partial charge in [0.2, 0.25) is 5.91 Å². The number of carbonyl (C=O) groups is 1. The monoisotopic (exact) mass is 316 g/mol. The highest BCUT2D eigenvalue weighted by Crippen LogP contribution is 2.27. The number of rotatable bonds is 5. The van der Waals surface area contributed by atoms with Crippen LogP contribution in [0.3, 0.4) is 0 Å². The van der Waals surface area contributed by atoms with Crippen LogP contribution in [0.2, 0.25) is 10.0 Å². The van der Waals surface area contributed by atoms with Crippen molar-refractivity contribution < 1.29 is 9.53 Å². The van der Waals surface area contributed by atoms with E-state index < -0.39 is 0 Å². The Morgan fingerprint density at radius 3 is 2.90 bits per heavy atom. The van der Waals surface area contributed by atoms with E-state index in [-0.39, 0.29) is 11.9 Å². The van der Waals surface area contributed by atoms with Gasteiger partial charge in [-0.3, -0.25) is 4.79 Å². The Hall–Kier alpha value is -0.970. The molecule has 1 unspecified atom stereocenters. The first kappa shape index (κ1) is 15.4. The lowest BCUT2D eigenvalue weighted by molar-refractivity contribution is -0.130. The van der Waals surface area contributed by atoms with Gasteiger partial charge in [0.15, 0.2) is 0 Å². The Morgan fingerprint density at radius 1 is 1.45 bits per heavy atom. The number of amides is 1. The van der Waals surface area contributed by atoms with Gasteiger partial charge in [0.05, 0.1) is 11.6 Å². The maximum absolute atomic E-state index is 11.9. The van der Waals surface area contributed by atoms with Crippen LogP contribution in [0.4, 0.5) is 0 Å². The van der Waals surface area contributed by atoms with Crippen molar-refractivity contribution >= 4 is 29.1 Å². The Morgan fingerprint density at radius 2 is 2.25 bits per heavy atom. The molecular weight excluding hydrogens is 299 g/mol. The van der Waals surface area contributed by atoms with Crippen LogP contribution in [-0.2, 0) is 4.79 Å². The van der Waals surface area contributed by atoms with Gasteiger partial charge in [-0.1, -0.05) is 23.2 Å². The smallest absolute Gasteiger partial charge is 0.222 e. The number of hydrogen-bond donors (Lipinski definition) is 1. The molecule has 2 rings (SSSR count). The molecule has 6 heteroatoms. The molecule has 1 aromatic rings. The molecule has 0 saturated carbocycles. The molecule has 1 aliphatic heterocycles. The Bertz CT molecular complexity index is 482. The molecule has 1 amide bonds. The summed E-state index contributed by atoms with van der Waals surface area (Å²) < 4.78 is 5.54. The molecule has 0 radical (unpaired) electrons. The minimum absolute atomic E-state index is 0.128. The summed E-state index contributed by atoms with van der Waals surface area (Å²) in [5, 5.41) is 1.05. The summed E-state index contributed by atoms with van der Waals surface area (Å²) in [7, 11) is 0. The fraction of sp³-hybridized carbons (Fsp3) is 0.500. The second kappa shape index (κ2) is 7.16. The minimum atomic E-state index is 0.128. The number of ether oxygens (including phenoxy) is 1. The van der Waals surface area contributed by atoms with Gasteiger partial charge in [-0.2, -0.15) is 0 Å². The number of likely N-dealkylation sites (tertiary alicyclic amines) is 1. The van der Waals surface area contributed by atoms with Gasteiger partial charge >= 0.3 is 0 Å². The molecule has 1 aliphatic rings. The molecule has 1 saturated heterocycles. The van der Waals surface area contributed by atoms with Crippen LogP contribution in [0.1, 0.15) is 19.3 Å². The van der Waals surface area contributed by atoms with Crippen molar-refractivity contribution in [2.45, 2.75) is 25.3 Å². The summed E-state index contributed by atoms with van der Waals surface area (Å²) in [6, 6.07) is 5.21. The number of halogens is 2. The number of carbonyl (C=O) groups excluding carboxylic acids is 1. The van der Waals surface area contributed by atoms with E-state index in [0.29, 0.717) is 41.8 Å². The van der Waals surface area contributed by atoms with Crippen molar-refractivity contribution in [3.8, 4) is 5.75 Å².